The van der Waals surface area contributed by atoms with Crippen molar-refractivity contribution in [3.63, 3.8) is 0 Å². The molecule has 2 heteroatoms. The Balaban J connectivity index is 2.36. The standard InChI is InChI=1S/C10H19NO/c1-7(8-5-6-8)9(12)11-10(2,3)4/h7-8H,5-6H2,1-4H3,(H,11,12). The topological polar surface area (TPSA) is 29.1 Å². The summed E-state index contributed by atoms with van der Waals surface area (Å²) in [4.78, 5) is 11.5. The Labute approximate surface area is 74.7 Å². The largest absolute Gasteiger partial charge is 0.351 e. The molecular formula is C10H19NO. The molecule has 0 saturated heterocycles. The van der Waals surface area contributed by atoms with Gasteiger partial charge in [-0.3, -0.25) is 4.79 Å². The van der Waals surface area contributed by atoms with E-state index < -0.39 is 0 Å². The Morgan fingerprint density at radius 2 is 1.92 bits per heavy atom. The molecule has 1 rings (SSSR count). The van der Waals surface area contributed by atoms with Crippen molar-refractivity contribution in [1.82, 2.24) is 5.32 Å². The van der Waals surface area contributed by atoms with E-state index in [4.69, 9.17) is 0 Å². The number of carbonyl (C=O) groups is 1. The third-order valence-corrected chi connectivity index (χ3v) is 2.24. The summed E-state index contributed by atoms with van der Waals surface area (Å²) < 4.78 is 0. The van der Waals surface area contributed by atoms with E-state index in [1.807, 2.05) is 27.7 Å². The normalized spacial score (nSPS) is 20.3. The van der Waals surface area contributed by atoms with Gasteiger partial charge in [-0.05, 0) is 39.5 Å². The molecule has 0 radical (unpaired) electrons. The lowest BCUT2D eigenvalue weighted by atomic mass is 10.0. The van der Waals surface area contributed by atoms with Crippen LogP contribution in [0.15, 0.2) is 0 Å². The molecule has 0 aliphatic heterocycles. The zero-order valence-corrected chi connectivity index (χ0v) is 8.48. The van der Waals surface area contributed by atoms with Gasteiger partial charge in [0.25, 0.3) is 0 Å². The minimum absolute atomic E-state index is 0.0831. The lowest BCUT2D eigenvalue weighted by Crippen LogP contribution is -2.43. The van der Waals surface area contributed by atoms with Crippen LogP contribution in [0.2, 0.25) is 0 Å². The van der Waals surface area contributed by atoms with Crippen molar-refractivity contribution in [2.45, 2.75) is 46.1 Å². The van der Waals surface area contributed by atoms with Gasteiger partial charge in [0.2, 0.25) is 5.91 Å². The third-order valence-electron chi connectivity index (χ3n) is 2.24. The van der Waals surface area contributed by atoms with Gasteiger partial charge >= 0.3 is 0 Å². The molecule has 1 aliphatic rings. The first-order chi connectivity index (χ1) is 5.40. The van der Waals surface area contributed by atoms with E-state index in [9.17, 15) is 4.79 Å². The minimum atomic E-state index is -0.0831. The Morgan fingerprint density at radius 3 is 2.25 bits per heavy atom. The summed E-state index contributed by atoms with van der Waals surface area (Å²) in [5.74, 6) is 1.08. The first kappa shape index (κ1) is 9.56. The van der Waals surface area contributed by atoms with Crippen molar-refractivity contribution in [2.75, 3.05) is 0 Å². The fourth-order valence-electron chi connectivity index (χ4n) is 1.29. The van der Waals surface area contributed by atoms with E-state index in [2.05, 4.69) is 5.32 Å². The summed E-state index contributed by atoms with van der Waals surface area (Å²) in [5, 5.41) is 3.00. The lowest BCUT2D eigenvalue weighted by molar-refractivity contribution is -0.126. The molecule has 70 valence electrons. The maximum atomic E-state index is 11.5. The highest BCUT2D eigenvalue weighted by atomic mass is 16.2. The Bertz CT molecular complexity index is 177. The van der Waals surface area contributed by atoms with Crippen molar-refractivity contribution >= 4 is 5.91 Å². The maximum absolute atomic E-state index is 11.5. The van der Waals surface area contributed by atoms with Crippen LogP contribution in [0.25, 0.3) is 0 Å². The Kier molecular flexibility index (Phi) is 2.45. The summed E-state index contributed by atoms with van der Waals surface area (Å²) >= 11 is 0. The molecule has 0 aromatic rings. The fraction of sp³-hybridized carbons (Fsp3) is 0.900. The second-order valence-corrected chi connectivity index (χ2v) is 4.87. The van der Waals surface area contributed by atoms with Crippen LogP contribution in [0.4, 0.5) is 0 Å². The van der Waals surface area contributed by atoms with E-state index in [-0.39, 0.29) is 17.4 Å². The van der Waals surface area contributed by atoms with Gasteiger partial charge in [0, 0.05) is 11.5 Å². The molecule has 12 heavy (non-hydrogen) atoms. The molecule has 2 nitrogen and oxygen atoms in total. The number of carbonyl (C=O) groups excluding carboxylic acids is 1. The van der Waals surface area contributed by atoms with Crippen LogP contribution < -0.4 is 5.32 Å². The SMILES string of the molecule is CC(C(=O)NC(C)(C)C)C1CC1. The summed E-state index contributed by atoms with van der Waals surface area (Å²) in [5.41, 5.74) is -0.0831. The van der Waals surface area contributed by atoms with Gasteiger partial charge in [0.05, 0.1) is 0 Å². The molecule has 1 N–H and O–H groups in total. The van der Waals surface area contributed by atoms with Crippen LogP contribution in [-0.2, 0) is 4.79 Å². The predicted octanol–water partition coefficient (Wildman–Crippen LogP) is 1.95. The van der Waals surface area contributed by atoms with Crippen LogP contribution in [0.5, 0.6) is 0 Å². The number of hydrogen-bond acceptors (Lipinski definition) is 1. The van der Waals surface area contributed by atoms with Crippen LogP contribution in [-0.4, -0.2) is 11.4 Å². The number of hydrogen-bond donors (Lipinski definition) is 1. The number of nitrogens with one attached hydrogen (secondary N) is 1. The molecular weight excluding hydrogens is 150 g/mol. The second-order valence-electron chi connectivity index (χ2n) is 4.87. The smallest absolute Gasteiger partial charge is 0.223 e. The summed E-state index contributed by atoms with van der Waals surface area (Å²) in [6.07, 6.45) is 2.47. The molecule has 1 aliphatic carbocycles. The highest BCUT2D eigenvalue weighted by Gasteiger charge is 2.33. The zero-order chi connectivity index (χ0) is 9.35. The average molecular weight is 169 g/mol. The summed E-state index contributed by atoms with van der Waals surface area (Å²) in [6, 6.07) is 0. The minimum Gasteiger partial charge on any atom is -0.351 e. The molecule has 0 aromatic heterocycles. The molecule has 1 fully saturated rings. The van der Waals surface area contributed by atoms with Crippen LogP contribution in [0.3, 0.4) is 0 Å². The average Bonchev–Trinajstić information content (AvgIpc) is 2.62. The van der Waals surface area contributed by atoms with E-state index >= 15 is 0 Å². The van der Waals surface area contributed by atoms with Crippen molar-refractivity contribution in [3.05, 3.63) is 0 Å². The summed E-state index contributed by atoms with van der Waals surface area (Å²) in [7, 11) is 0. The molecule has 0 spiro atoms. The maximum Gasteiger partial charge on any atom is 0.223 e. The van der Waals surface area contributed by atoms with Crippen molar-refractivity contribution in [1.29, 1.82) is 0 Å². The molecule has 1 saturated carbocycles. The lowest BCUT2D eigenvalue weighted by Gasteiger charge is -2.23. The molecule has 0 bridgehead atoms. The number of amides is 1. The van der Waals surface area contributed by atoms with Gasteiger partial charge in [0.1, 0.15) is 0 Å². The van der Waals surface area contributed by atoms with Crippen LogP contribution in [0.1, 0.15) is 40.5 Å². The van der Waals surface area contributed by atoms with Gasteiger partial charge in [0.15, 0.2) is 0 Å². The van der Waals surface area contributed by atoms with E-state index in [0.717, 1.165) is 0 Å². The van der Waals surface area contributed by atoms with Gasteiger partial charge < -0.3 is 5.32 Å². The third kappa shape index (κ3) is 2.84. The van der Waals surface area contributed by atoms with Gasteiger partial charge in [-0.2, -0.15) is 0 Å². The number of rotatable bonds is 2. The van der Waals surface area contributed by atoms with Crippen LogP contribution >= 0.6 is 0 Å². The van der Waals surface area contributed by atoms with E-state index in [0.29, 0.717) is 5.92 Å². The predicted molar refractivity (Wildman–Crippen MR) is 49.8 cm³/mol. The van der Waals surface area contributed by atoms with E-state index in [1.54, 1.807) is 0 Å². The van der Waals surface area contributed by atoms with Crippen molar-refractivity contribution in [3.8, 4) is 0 Å². The molecule has 0 heterocycles. The fourth-order valence-corrected chi connectivity index (χ4v) is 1.29. The van der Waals surface area contributed by atoms with Gasteiger partial charge in [-0.25, -0.2) is 0 Å². The first-order valence-corrected chi connectivity index (χ1v) is 4.72. The monoisotopic (exact) mass is 169 g/mol. The van der Waals surface area contributed by atoms with E-state index in [1.165, 1.54) is 12.8 Å². The zero-order valence-electron chi connectivity index (χ0n) is 8.48. The molecule has 1 amide bonds. The molecule has 0 aromatic carbocycles. The highest BCUT2D eigenvalue weighted by molar-refractivity contribution is 5.79. The highest BCUT2D eigenvalue weighted by Crippen LogP contribution is 2.36. The van der Waals surface area contributed by atoms with Crippen molar-refractivity contribution < 1.29 is 4.79 Å². The van der Waals surface area contributed by atoms with Crippen molar-refractivity contribution in [2.24, 2.45) is 11.8 Å². The molecule has 1 atom stereocenters. The molecule has 1 unspecified atom stereocenters. The second kappa shape index (κ2) is 3.08. The van der Waals surface area contributed by atoms with Gasteiger partial charge in [-0.15, -0.1) is 0 Å². The van der Waals surface area contributed by atoms with Crippen LogP contribution in [0, 0.1) is 11.8 Å². The van der Waals surface area contributed by atoms with Gasteiger partial charge in [-0.1, -0.05) is 6.92 Å². The quantitative estimate of drug-likeness (QED) is 0.672. The Hall–Kier alpha value is -0.530. The summed E-state index contributed by atoms with van der Waals surface area (Å²) in [6.45, 7) is 8.08. The Morgan fingerprint density at radius 1 is 1.42 bits per heavy atom. The first-order valence-electron chi connectivity index (χ1n) is 4.72.